The molecule has 0 saturated carbocycles. The molecule has 18 heavy (non-hydrogen) atoms. The summed E-state index contributed by atoms with van der Waals surface area (Å²) in [5, 5.41) is 2.07. The molecule has 0 atom stereocenters. The van der Waals surface area contributed by atoms with Crippen molar-refractivity contribution in [1.82, 2.24) is 4.90 Å². The number of hydrogen-bond acceptors (Lipinski definition) is 2. The first kappa shape index (κ1) is 14.8. The van der Waals surface area contributed by atoms with Crippen LogP contribution in [0.2, 0.25) is 0 Å². The summed E-state index contributed by atoms with van der Waals surface area (Å²) in [4.78, 5) is 15.3. The minimum absolute atomic E-state index is 0.162. The molecule has 98 valence electrons. The van der Waals surface area contributed by atoms with Crippen LogP contribution in [0.3, 0.4) is 0 Å². The average Bonchev–Trinajstić information content (AvgIpc) is 2.70. The highest BCUT2D eigenvalue weighted by Gasteiger charge is 2.16. The Morgan fingerprint density at radius 2 is 2.28 bits per heavy atom. The quantitative estimate of drug-likeness (QED) is 0.720. The van der Waals surface area contributed by atoms with E-state index in [1.807, 2.05) is 4.90 Å². The van der Waals surface area contributed by atoms with Crippen LogP contribution in [-0.4, -0.2) is 17.4 Å². The molecule has 0 unspecified atom stereocenters. The standard InChI is InChI=1S/C15H21NOS/c1-5-6-7-15(17)16(10-12(2)3)11-14-13(4)8-9-18-14/h1,8-9,12H,6-7,10-11H2,2-4H3. The molecule has 0 saturated heterocycles. The predicted octanol–water partition coefficient (Wildman–Crippen LogP) is 3.45. The van der Waals surface area contributed by atoms with Gasteiger partial charge in [-0.3, -0.25) is 4.79 Å². The lowest BCUT2D eigenvalue weighted by molar-refractivity contribution is -0.132. The molecule has 0 N–H and O–H groups in total. The molecule has 0 aliphatic carbocycles. The first-order valence-corrected chi connectivity index (χ1v) is 7.16. The summed E-state index contributed by atoms with van der Waals surface area (Å²) in [5.41, 5.74) is 1.26. The van der Waals surface area contributed by atoms with E-state index < -0.39 is 0 Å². The van der Waals surface area contributed by atoms with Gasteiger partial charge in [0.15, 0.2) is 0 Å². The van der Waals surface area contributed by atoms with Gasteiger partial charge in [0.25, 0.3) is 0 Å². The second-order valence-corrected chi connectivity index (χ2v) is 5.90. The lowest BCUT2D eigenvalue weighted by atomic mass is 10.1. The molecule has 0 radical (unpaired) electrons. The third-order valence-corrected chi connectivity index (χ3v) is 3.73. The van der Waals surface area contributed by atoms with Crippen molar-refractivity contribution in [3.05, 3.63) is 21.9 Å². The van der Waals surface area contributed by atoms with Crippen LogP contribution in [0.25, 0.3) is 0 Å². The second kappa shape index (κ2) is 7.23. The van der Waals surface area contributed by atoms with Gasteiger partial charge in [0.1, 0.15) is 0 Å². The molecule has 1 aromatic heterocycles. The summed E-state index contributed by atoms with van der Waals surface area (Å²) in [6.45, 7) is 7.85. The Morgan fingerprint density at radius 3 is 2.78 bits per heavy atom. The van der Waals surface area contributed by atoms with Crippen LogP contribution in [0.1, 0.15) is 37.1 Å². The molecule has 1 rings (SSSR count). The Kier molecular flexibility index (Phi) is 5.94. The van der Waals surface area contributed by atoms with Crippen molar-refractivity contribution in [2.45, 2.75) is 40.2 Å². The average molecular weight is 263 g/mol. The van der Waals surface area contributed by atoms with Crippen molar-refractivity contribution >= 4 is 17.2 Å². The molecule has 0 bridgehead atoms. The molecular weight excluding hydrogens is 242 g/mol. The normalized spacial score (nSPS) is 10.4. The zero-order chi connectivity index (χ0) is 13.5. The van der Waals surface area contributed by atoms with Gasteiger partial charge >= 0.3 is 0 Å². The van der Waals surface area contributed by atoms with E-state index in [9.17, 15) is 4.79 Å². The van der Waals surface area contributed by atoms with Crippen LogP contribution in [0.15, 0.2) is 11.4 Å². The zero-order valence-electron chi connectivity index (χ0n) is 11.4. The van der Waals surface area contributed by atoms with E-state index in [-0.39, 0.29) is 5.91 Å². The van der Waals surface area contributed by atoms with Crippen LogP contribution < -0.4 is 0 Å². The number of thiophene rings is 1. The van der Waals surface area contributed by atoms with Crippen LogP contribution in [-0.2, 0) is 11.3 Å². The summed E-state index contributed by atoms with van der Waals surface area (Å²) in [5.74, 6) is 3.17. The Labute approximate surface area is 114 Å². The largest absolute Gasteiger partial charge is 0.337 e. The molecule has 0 aliphatic rings. The topological polar surface area (TPSA) is 20.3 Å². The van der Waals surface area contributed by atoms with Crippen LogP contribution in [0.4, 0.5) is 0 Å². The maximum absolute atomic E-state index is 12.1. The lowest BCUT2D eigenvalue weighted by Crippen LogP contribution is -2.33. The van der Waals surface area contributed by atoms with Gasteiger partial charge in [0.2, 0.25) is 5.91 Å². The number of aryl methyl sites for hydroxylation is 1. The predicted molar refractivity (Wildman–Crippen MR) is 77.4 cm³/mol. The highest BCUT2D eigenvalue weighted by Crippen LogP contribution is 2.19. The van der Waals surface area contributed by atoms with Crippen molar-refractivity contribution in [3.63, 3.8) is 0 Å². The van der Waals surface area contributed by atoms with Crippen molar-refractivity contribution in [3.8, 4) is 12.3 Å². The summed E-state index contributed by atoms with van der Waals surface area (Å²) in [7, 11) is 0. The van der Waals surface area contributed by atoms with E-state index in [0.29, 0.717) is 25.3 Å². The highest BCUT2D eigenvalue weighted by molar-refractivity contribution is 7.10. The van der Waals surface area contributed by atoms with E-state index in [1.54, 1.807) is 11.3 Å². The number of nitrogens with zero attached hydrogens (tertiary/aromatic N) is 1. The number of terminal acetylenes is 1. The van der Waals surface area contributed by atoms with E-state index >= 15 is 0 Å². The van der Waals surface area contributed by atoms with E-state index in [1.165, 1.54) is 10.4 Å². The van der Waals surface area contributed by atoms with Crippen molar-refractivity contribution in [1.29, 1.82) is 0 Å². The number of rotatable bonds is 6. The van der Waals surface area contributed by atoms with Crippen molar-refractivity contribution in [2.24, 2.45) is 5.92 Å². The number of amides is 1. The van der Waals surface area contributed by atoms with Gasteiger partial charge < -0.3 is 4.90 Å². The summed E-state index contributed by atoms with van der Waals surface area (Å²) < 4.78 is 0. The van der Waals surface area contributed by atoms with Gasteiger partial charge in [-0.2, -0.15) is 0 Å². The van der Waals surface area contributed by atoms with Gasteiger partial charge in [-0.25, -0.2) is 0 Å². The lowest BCUT2D eigenvalue weighted by Gasteiger charge is -2.24. The maximum Gasteiger partial charge on any atom is 0.223 e. The Balaban J connectivity index is 2.69. The molecule has 0 aromatic carbocycles. The fourth-order valence-corrected chi connectivity index (χ4v) is 2.69. The third kappa shape index (κ3) is 4.54. The van der Waals surface area contributed by atoms with Crippen molar-refractivity contribution < 1.29 is 4.79 Å². The monoisotopic (exact) mass is 263 g/mol. The Bertz CT molecular complexity index is 428. The second-order valence-electron chi connectivity index (χ2n) is 4.90. The summed E-state index contributed by atoms with van der Waals surface area (Å²) in [6, 6.07) is 2.10. The van der Waals surface area contributed by atoms with E-state index in [4.69, 9.17) is 6.42 Å². The zero-order valence-corrected chi connectivity index (χ0v) is 12.2. The maximum atomic E-state index is 12.1. The first-order chi connectivity index (χ1) is 8.54. The smallest absolute Gasteiger partial charge is 0.223 e. The van der Waals surface area contributed by atoms with Crippen molar-refractivity contribution in [2.75, 3.05) is 6.54 Å². The van der Waals surface area contributed by atoms with E-state index in [2.05, 4.69) is 38.1 Å². The summed E-state index contributed by atoms with van der Waals surface area (Å²) >= 11 is 1.71. The fraction of sp³-hybridized carbons (Fsp3) is 0.533. The first-order valence-electron chi connectivity index (χ1n) is 6.28. The van der Waals surface area contributed by atoms with Gasteiger partial charge in [0.05, 0.1) is 6.54 Å². The molecule has 1 aromatic rings. The molecule has 0 aliphatic heterocycles. The number of carbonyl (C=O) groups excluding carboxylic acids is 1. The van der Waals surface area contributed by atoms with Gasteiger partial charge in [-0.05, 0) is 29.9 Å². The van der Waals surface area contributed by atoms with Crippen LogP contribution in [0.5, 0.6) is 0 Å². The molecule has 0 fully saturated rings. The fourth-order valence-electron chi connectivity index (χ4n) is 1.77. The van der Waals surface area contributed by atoms with Crippen LogP contribution >= 0.6 is 11.3 Å². The van der Waals surface area contributed by atoms with Gasteiger partial charge in [-0.1, -0.05) is 13.8 Å². The minimum atomic E-state index is 0.162. The molecule has 0 spiro atoms. The number of hydrogen-bond donors (Lipinski definition) is 0. The SMILES string of the molecule is C#CCCC(=O)N(Cc1sccc1C)CC(C)C. The Morgan fingerprint density at radius 1 is 1.56 bits per heavy atom. The number of carbonyl (C=O) groups is 1. The molecule has 1 amide bonds. The highest BCUT2D eigenvalue weighted by atomic mass is 32.1. The molecule has 2 nitrogen and oxygen atoms in total. The molecule has 3 heteroatoms. The molecular formula is C15H21NOS. The summed E-state index contributed by atoms with van der Waals surface area (Å²) in [6.07, 6.45) is 6.20. The molecule has 1 heterocycles. The third-order valence-electron chi connectivity index (χ3n) is 2.72. The van der Waals surface area contributed by atoms with Gasteiger partial charge in [-0.15, -0.1) is 23.7 Å². The minimum Gasteiger partial charge on any atom is -0.337 e. The van der Waals surface area contributed by atoms with Crippen LogP contribution in [0, 0.1) is 25.2 Å². The van der Waals surface area contributed by atoms with Gasteiger partial charge in [0, 0.05) is 24.3 Å². The van der Waals surface area contributed by atoms with E-state index in [0.717, 1.165) is 6.54 Å². The Hall–Kier alpha value is -1.27.